The van der Waals surface area contributed by atoms with Crippen molar-refractivity contribution in [3.63, 3.8) is 0 Å². The standard InChI is InChI=1S/C14H17BrFNO2/c15-12-9-10(4-6-13(12)16)17-14(18)7-5-11-3-1-2-8-19-11/h4,6,9,11H,1-3,5,7-8H2,(H,17,18). The first-order valence-corrected chi connectivity index (χ1v) is 7.31. The molecule has 2 rings (SSSR count). The molecule has 0 spiro atoms. The van der Waals surface area contributed by atoms with Gasteiger partial charge < -0.3 is 10.1 Å². The van der Waals surface area contributed by atoms with E-state index < -0.39 is 0 Å². The van der Waals surface area contributed by atoms with Crippen molar-refractivity contribution in [2.45, 2.75) is 38.2 Å². The van der Waals surface area contributed by atoms with Crippen LogP contribution in [-0.4, -0.2) is 18.6 Å². The van der Waals surface area contributed by atoms with E-state index in [1.807, 2.05) is 0 Å². The molecule has 1 aromatic carbocycles. The highest BCUT2D eigenvalue weighted by molar-refractivity contribution is 9.10. The topological polar surface area (TPSA) is 38.3 Å². The summed E-state index contributed by atoms with van der Waals surface area (Å²) in [5.41, 5.74) is 0.600. The molecule has 1 unspecified atom stereocenters. The Bertz CT molecular complexity index is 447. The maximum Gasteiger partial charge on any atom is 0.224 e. The molecule has 0 bridgehead atoms. The zero-order valence-corrected chi connectivity index (χ0v) is 12.2. The Kier molecular flexibility index (Phi) is 5.34. The van der Waals surface area contributed by atoms with Crippen molar-refractivity contribution in [1.29, 1.82) is 0 Å². The number of halogens is 2. The van der Waals surface area contributed by atoms with Crippen molar-refractivity contribution in [2.75, 3.05) is 11.9 Å². The molecule has 1 atom stereocenters. The predicted octanol–water partition coefficient (Wildman–Crippen LogP) is 3.88. The highest BCUT2D eigenvalue weighted by Crippen LogP contribution is 2.21. The Morgan fingerprint density at radius 2 is 2.32 bits per heavy atom. The van der Waals surface area contributed by atoms with Crippen molar-refractivity contribution in [2.24, 2.45) is 0 Å². The SMILES string of the molecule is O=C(CCC1CCCCO1)Nc1ccc(F)c(Br)c1. The highest BCUT2D eigenvalue weighted by Gasteiger charge is 2.15. The fourth-order valence-corrected chi connectivity index (χ4v) is 2.50. The molecule has 1 saturated heterocycles. The Labute approximate surface area is 120 Å². The van der Waals surface area contributed by atoms with Crippen LogP contribution < -0.4 is 5.32 Å². The molecule has 0 saturated carbocycles. The third kappa shape index (κ3) is 4.58. The Morgan fingerprint density at radius 3 is 3.00 bits per heavy atom. The maximum atomic E-state index is 13.1. The summed E-state index contributed by atoms with van der Waals surface area (Å²) in [5.74, 6) is -0.402. The van der Waals surface area contributed by atoms with Gasteiger partial charge in [-0.2, -0.15) is 0 Å². The van der Waals surface area contributed by atoms with Gasteiger partial charge >= 0.3 is 0 Å². The summed E-state index contributed by atoms with van der Waals surface area (Å²) >= 11 is 3.09. The molecule has 1 aromatic rings. The summed E-state index contributed by atoms with van der Waals surface area (Å²) in [6, 6.07) is 4.43. The van der Waals surface area contributed by atoms with Gasteiger partial charge in [0.1, 0.15) is 5.82 Å². The molecular formula is C14H17BrFNO2. The van der Waals surface area contributed by atoms with Crippen LogP contribution in [0.4, 0.5) is 10.1 Å². The van der Waals surface area contributed by atoms with Crippen LogP contribution in [-0.2, 0) is 9.53 Å². The van der Waals surface area contributed by atoms with Crippen LogP contribution in [0.2, 0.25) is 0 Å². The van der Waals surface area contributed by atoms with E-state index in [1.54, 1.807) is 12.1 Å². The number of ether oxygens (including phenoxy) is 1. The van der Waals surface area contributed by atoms with Crippen LogP contribution in [0.25, 0.3) is 0 Å². The largest absolute Gasteiger partial charge is 0.378 e. The van der Waals surface area contributed by atoms with Crippen LogP contribution in [0.15, 0.2) is 22.7 Å². The van der Waals surface area contributed by atoms with Crippen LogP contribution in [0.5, 0.6) is 0 Å². The average molecular weight is 330 g/mol. The van der Waals surface area contributed by atoms with Crippen LogP contribution in [0, 0.1) is 5.82 Å². The predicted molar refractivity (Wildman–Crippen MR) is 75.6 cm³/mol. The Morgan fingerprint density at radius 1 is 1.47 bits per heavy atom. The van der Waals surface area contributed by atoms with Crippen molar-refractivity contribution in [1.82, 2.24) is 0 Å². The van der Waals surface area contributed by atoms with E-state index in [1.165, 1.54) is 12.5 Å². The Hall–Kier alpha value is -0.940. The molecule has 1 fully saturated rings. The number of hydrogen-bond donors (Lipinski definition) is 1. The summed E-state index contributed by atoms with van der Waals surface area (Å²) in [6.07, 6.45) is 4.71. The van der Waals surface area contributed by atoms with E-state index >= 15 is 0 Å². The summed E-state index contributed by atoms with van der Waals surface area (Å²) in [7, 11) is 0. The second-order valence-electron chi connectivity index (χ2n) is 4.70. The van der Waals surface area contributed by atoms with Gasteiger partial charge in [0.15, 0.2) is 0 Å². The zero-order chi connectivity index (χ0) is 13.7. The molecule has 1 amide bonds. The summed E-state index contributed by atoms with van der Waals surface area (Å²) in [6.45, 7) is 0.803. The molecule has 19 heavy (non-hydrogen) atoms. The van der Waals surface area contributed by atoms with E-state index in [2.05, 4.69) is 21.2 Å². The second-order valence-corrected chi connectivity index (χ2v) is 5.56. The van der Waals surface area contributed by atoms with E-state index in [0.29, 0.717) is 16.6 Å². The summed E-state index contributed by atoms with van der Waals surface area (Å²) < 4.78 is 19.0. The van der Waals surface area contributed by atoms with Gasteiger partial charge in [-0.05, 0) is 59.8 Å². The van der Waals surface area contributed by atoms with E-state index in [-0.39, 0.29) is 17.8 Å². The van der Waals surface area contributed by atoms with E-state index in [0.717, 1.165) is 25.9 Å². The zero-order valence-electron chi connectivity index (χ0n) is 10.6. The molecule has 5 heteroatoms. The number of amides is 1. The normalized spacial score (nSPS) is 19.2. The first-order chi connectivity index (χ1) is 9.15. The molecule has 0 aromatic heterocycles. The van der Waals surface area contributed by atoms with Crippen LogP contribution >= 0.6 is 15.9 Å². The fraction of sp³-hybridized carbons (Fsp3) is 0.500. The van der Waals surface area contributed by atoms with Gasteiger partial charge in [0.05, 0.1) is 10.6 Å². The average Bonchev–Trinajstić information content (AvgIpc) is 2.42. The lowest BCUT2D eigenvalue weighted by atomic mass is 10.0. The number of benzene rings is 1. The number of anilines is 1. The molecule has 0 radical (unpaired) electrons. The molecule has 104 valence electrons. The smallest absolute Gasteiger partial charge is 0.224 e. The van der Waals surface area contributed by atoms with Gasteiger partial charge in [0.25, 0.3) is 0 Å². The van der Waals surface area contributed by atoms with Gasteiger partial charge in [-0.25, -0.2) is 4.39 Å². The third-order valence-electron chi connectivity index (χ3n) is 3.17. The van der Waals surface area contributed by atoms with E-state index in [4.69, 9.17) is 4.74 Å². The number of carbonyl (C=O) groups excluding carboxylic acids is 1. The van der Waals surface area contributed by atoms with Gasteiger partial charge in [0.2, 0.25) is 5.91 Å². The monoisotopic (exact) mass is 329 g/mol. The molecular weight excluding hydrogens is 313 g/mol. The fourth-order valence-electron chi connectivity index (χ4n) is 2.12. The van der Waals surface area contributed by atoms with Crippen LogP contribution in [0.3, 0.4) is 0 Å². The van der Waals surface area contributed by atoms with Crippen molar-refractivity contribution in [3.8, 4) is 0 Å². The Balaban J connectivity index is 1.78. The molecule has 1 N–H and O–H groups in total. The lowest BCUT2D eigenvalue weighted by Crippen LogP contribution is -2.21. The number of carbonyl (C=O) groups is 1. The highest BCUT2D eigenvalue weighted by atomic mass is 79.9. The summed E-state index contributed by atoms with van der Waals surface area (Å²) in [5, 5.41) is 2.76. The molecule has 1 aliphatic rings. The van der Waals surface area contributed by atoms with E-state index in [9.17, 15) is 9.18 Å². The molecule has 0 aliphatic carbocycles. The van der Waals surface area contributed by atoms with Gasteiger partial charge in [-0.3, -0.25) is 4.79 Å². The molecule has 1 aliphatic heterocycles. The molecule has 1 heterocycles. The third-order valence-corrected chi connectivity index (χ3v) is 3.78. The first-order valence-electron chi connectivity index (χ1n) is 6.51. The van der Waals surface area contributed by atoms with Crippen LogP contribution in [0.1, 0.15) is 32.1 Å². The lowest BCUT2D eigenvalue weighted by molar-refractivity contribution is -0.117. The second kappa shape index (κ2) is 7.01. The first kappa shape index (κ1) is 14.5. The maximum absolute atomic E-state index is 13.1. The van der Waals surface area contributed by atoms with Crippen molar-refractivity contribution >= 4 is 27.5 Å². The van der Waals surface area contributed by atoms with Gasteiger partial charge in [0, 0.05) is 18.7 Å². The minimum Gasteiger partial charge on any atom is -0.378 e. The minimum atomic E-state index is -0.339. The quantitative estimate of drug-likeness (QED) is 0.910. The van der Waals surface area contributed by atoms with Crippen molar-refractivity contribution in [3.05, 3.63) is 28.5 Å². The lowest BCUT2D eigenvalue weighted by Gasteiger charge is -2.22. The van der Waals surface area contributed by atoms with Gasteiger partial charge in [-0.1, -0.05) is 0 Å². The minimum absolute atomic E-state index is 0.0623. The number of hydrogen-bond acceptors (Lipinski definition) is 2. The van der Waals surface area contributed by atoms with Gasteiger partial charge in [-0.15, -0.1) is 0 Å². The molecule has 3 nitrogen and oxygen atoms in total. The number of rotatable bonds is 4. The summed E-state index contributed by atoms with van der Waals surface area (Å²) in [4.78, 5) is 11.8. The van der Waals surface area contributed by atoms with Crippen molar-refractivity contribution < 1.29 is 13.9 Å². The number of nitrogens with one attached hydrogen (secondary N) is 1.